The number of halogens is 1. The van der Waals surface area contributed by atoms with Gasteiger partial charge in [0.2, 0.25) is 0 Å². The van der Waals surface area contributed by atoms with Crippen molar-refractivity contribution >= 4 is 22.3 Å². The van der Waals surface area contributed by atoms with E-state index < -0.39 is 5.82 Å². The minimum Gasteiger partial charge on any atom is -0.398 e. The van der Waals surface area contributed by atoms with Crippen LogP contribution in [0.2, 0.25) is 0 Å². The molecule has 4 N–H and O–H groups in total. The Morgan fingerprint density at radius 2 is 2.30 bits per heavy atom. The Morgan fingerprint density at radius 1 is 1.45 bits per heavy atom. The first-order valence-corrected chi connectivity index (χ1v) is 6.91. The van der Waals surface area contributed by atoms with Crippen molar-refractivity contribution in [1.29, 1.82) is 0 Å². The van der Waals surface area contributed by atoms with Gasteiger partial charge in [0.25, 0.3) is 0 Å². The molecule has 2 atom stereocenters. The van der Waals surface area contributed by atoms with Gasteiger partial charge >= 0.3 is 0 Å². The lowest BCUT2D eigenvalue weighted by Crippen LogP contribution is -2.27. The highest BCUT2D eigenvalue weighted by atomic mass is 19.1. The molecule has 2 unspecified atom stereocenters. The molecule has 106 valence electrons. The quantitative estimate of drug-likeness (QED) is 0.753. The molecule has 0 aliphatic heterocycles. The zero-order valence-electron chi connectivity index (χ0n) is 11.1. The average molecular weight is 275 g/mol. The Balaban J connectivity index is 2.03. The molecule has 5 heteroatoms. The van der Waals surface area contributed by atoms with Crippen molar-refractivity contribution in [2.24, 2.45) is 5.92 Å². The van der Waals surface area contributed by atoms with Gasteiger partial charge in [-0.3, -0.25) is 4.98 Å². The van der Waals surface area contributed by atoms with E-state index in [4.69, 9.17) is 5.73 Å². The van der Waals surface area contributed by atoms with Crippen LogP contribution in [0.3, 0.4) is 0 Å². The number of pyridine rings is 1. The van der Waals surface area contributed by atoms with Gasteiger partial charge in [0.15, 0.2) is 5.82 Å². The van der Waals surface area contributed by atoms with Crippen LogP contribution in [0.1, 0.15) is 19.3 Å². The van der Waals surface area contributed by atoms with Crippen molar-refractivity contribution in [1.82, 2.24) is 4.98 Å². The maximum atomic E-state index is 14.2. The third kappa shape index (κ3) is 2.18. The first-order valence-electron chi connectivity index (χ1n) is 6.91. The first kappa shape index (κ1) is 13.1. The molecule has 1 saturated carbocycles. The molecule has 3 rings (SSSR count). The van der Waals surface area contributed by atoms with Gasteiger partial charge in [0.05, 0.1) is 11.2 Å². The van der Waals surface area contributed by atoms with Gasteiger partial charge in [-0.15, -0.1) is 0 Å². The number of hydrogen-bond donors (Lipinski definition) is 3. The number of nitrogens with two attached hydrogens (primary N) is 1. The summed E-state index contributed by atoms with van der Waals surface area (Å²) in [5.74, 6) is -0.219. The van der Waals surface area contributed by atoms with Crippen LogP contribution >= 0.6 is 0 Å². The number of benzene rings is 1. The molecular weight excluding hydrogens is 257 g/mol. The zero-order valence-corrected chi connectivity index (χ0v) is 11.1. The van der Waals surface area contributed by atoms with Gasteiger partial charge in [-0.05, 0) is 31.0 Å². The summed E-state index contributed by atoms with van der Waals surface area (Å²) in [5.41, 5.74) is 7.17. The highest BCUT2D eigenvalue weighted by Gasteiger charge is 2.28. The largest absolute Gasteiger partial charge is 0.398 e. The first-order chi connectivity index (χ1) is 9.70. The number of rotatable bonds is 3. The maximum absolute atomic E-state index is 14.2. The topological polar surface area (TPSA) is 71.2 Å². The second-order valence-electron chi connectivity index (χ2n) is 5.35. The lowest BCUT2D eigenvalue weighted by Gasteiger charge is -2.21. The van der Waals surface area contributed by atoms with E-state index in [1.165, 1.54) is 6.07 Å². The third-order valence-corrected chi connectivity index (χ3v) is 4.10. The normalized spacial score (nSPS) is 22.3. The molecule has 20 heavy (non-hydrogen) atoms. The van der Waals surface area contributed by atoms with Crippen LogP contribution in [0.15, 0.2) is 24.4 Å². The van der Waals surface area contributed by atoms with Crippen molar-refractivity contribution in [2.45, 2.75) is 25.3 Å². The van der Waals surface area contributed by atoms with Gasteiger partial charge < -0.3 is 16.2 Å². The summed E-state index contributed by atoms with van der Waals surface area (Å²) >= 11 is 0. The highest BCUT2D eigenvalue weighted by Crippen LogP contribution is 2.34. The molecule has 0 amide bonds. The Morgan fingerprint density at radius 3 is 3.10 bits per heavy atom. The molecule has 1 fully saturated rings. The molecule has 1 aliphatic carbocycles. The van der Waals surface area contributed by atoms with Gasteiger partial charge in [-0.25, -0.2) is 4.39 Å². The SMILES string of the molecule is Nc1cc(F)c(NC2CCCC2CO)c2ncccc12. The molecule has 1 heterocycles. The van der Waals surface area contributed by atoms with E-state index in [2.05, 4.69) is 10.3 Å². The fourth-order valence-corrected chi connectivity index (χ4v) is 3.01. The number of anilines is 2. The van der Waals surface area contributed by atoms with Crippen LogP contribution in [0.4, 0.5) is 15.8 Å². The molecule has 4 nitrogen and oxygen atoms in total. The molecule has 0 radical (unpaired) electrons. The monoisotopic (exact) mass is 275 g/mol. The summed E-state index contributed by atoms with van der Waals surface area (Å²) in [6.07, 6.45) is 4.58. The Kier molecular flexibility index (Phi) is 3.44. The van der Waals surface area contributed by atoms with E-state index in [0.717, 1.165) is 24.6 Å². The van der Waals surface area contributed by atoms with Crippen LogP contribution in [0.25, 0.3) is 10.9 Å². The summed E-state index contributed by atoms with van der Waals surface area (Å²) in [7, 11) is 0. The second kappa shape index (κ2) is 5.25. The summed E-state index contributed by atoms with van der Waals surface area (Å²) in [5, 5.41) is 13.3. The van der Waals surface area contributed by atoms with E-state index in [0.29, 0.717) is 16.9 Å². The lowest BCUT2D eigenvalue weighted by molar-refractivity contribution is 0.222. The van der Waals surface area contributed by atoms with Crippen molar-refractivity contribution in [2.75, 3.05) is 17.7 Å². The second-order valence-corrected chi connectivity index (χ2v) is 5.35. The summed E-state index contributed by atoms with van der Waals surface area (Å²) in [4.78, 5) is 4.25. The van der Waals surface area contributed by atoms with E-state index in [-0.39, 0.29) is 18.6 Å². The minimum atomic E-state index is -0.391. The summed E-state index contributed by atoms with van der Waals surface area (Å²) in [6, 6.07) is 5.03. The van der Waals surface area contributed by atoms with Gasteiger partial charge in [0.1, 0.15) is 0 Å². The van der Waals surface area contributed by atoms with E-state index >= 15 is 0 Å². The van der Waals surface area contributed by atoms with Crippen LogP contribution in [-0.4, -0.2) is 22.7 Å². The standard InChI is InChI=1S/C15H18FN3O/c16-11-7-12(17)10-4-2-6-18-14(10)15(11)19-13-5-1-3-9(13)8-20/h2,4,6-7,9,13,19-20H,1,3,5,8,17H2. The van der Waals surface area contributed by atoms with Gasteiger partial charge in [0, 0.05) is 35.8 Å². The predicted octanol–water partition coefficient (Wildman–Crippen LogP) is 2.53. The number of nitrogen functional groups attached to an aromatic ring is 1. The van der Waals surface area contributed by atoms with Crippen LogP contribution in [0, 0.1) is 11.7 Å². The molecule has 0 spiro atoms. The fraction of sp³-hybridized carbons (Fsp3) is 0.400. The molecule has 2 aromatic rings. The molecule has 0 saturated heterocycles. The van der Waals surface area contributed by atoms with Crippen LogP contribution in [0.5, 0.6) is 0 Å². The predicted molar refractivity (Wildman–Crippen MR) is 78.0 cm³/mol. The fourth-order valence-electron chi connectivity index (χ4n) is 3.01. The zero-order chi connectivity index (χ0) is 14.1. The third-order valence-electron chi connectivity index (χ3n) is 4.10. The lowest BCUT2D eigenvalue weighted by atomic mass is 10.0. The van der Waals surface area contributed by atoms with E-state index in [9.17, 15) is 9.50 Å². The number of nitrogens with zero attached hydrogens (tertiary/aromatic N) is 1. The number of nitrogens with one attached hydrogen (secondary N) is 1. The Labute approximate surface area is 116 Å². The highest BCUT2D eigenvalue weighted by molar-refractivity contribution is 5.98. The molecule has 1 aromatic carbocycles. The maximum Gasteiger partial charge on any atom is 0.150 e. The van der Waals surface area contributed by atoms with E-state index in [1.54, 1.807) is 12.3 Å². The van der Waals surface area contributed by atoms with Gasteiger partial charge in [-0.2, -0.15) is 0 Å². The van der Waals surface area contributed by atoms with Crippen molar-refractivity contribution < 1.29 is 9.50 Å². The smallest absolute Gasteiger partial charge is 0.150 e. The number of fused-ring (bicyclic) bond motifs is 1. The average Bonchev–Trinajstić information content (AvgIpc) is 2.90. The molecule has 0 bridgehead atoms. The van der Waals surface area contributed by atoms with Crippen LogP contribution in [-0.2, 0) is 0 Å². The van der Waals surface area contributed by atoms with Crippen molar-refractivity contribution in [3.63, 3.8) is 0 Å². The summed E-state index contributed by atoms with van der Waals surface area (Å²) in [6.45, 7) is 0.125. The van der Waals surface area contributed by atoms with Crippen LogP contribution < -0.4 is 11.1 Å². The minimum absolute atomic E-state index is 0.0864. The molecule has 1 aliphatic rings. The van der Waals surface area contributed by atoms with Gasteiger partial charge in [-0.1, -0.05) is 6.42 Å². The molecule has 1 aromatic heterocycles. The number of aromatic nitrogens is 1. The number of aliphatic hydroxyl groups excluding tert-OH is 1. The van der Waals surface area contributed by atoms with Crippen molar-refractivity contribution in [3.05, 3.63) is 30.2 Å². The Bertz CT molecular complexity index is 632. The summed E-state index contributed by atoms with van der Waals surface area (Å²) < 4.78 is 14.2. The van der Waals surface area contributed by atoms with Crippen molar-refractivity contribution in [3.8, 4) is 0 Å². The molecular formula is C15H18FN3O. The van der Waals surface area contributed by atoms with E-state index in [1.807, 2.05) is 6.07 Å². The Hall–Kier alpha value is -1.88. The number of hydrogen-bond acceptors (Lipinski definition) is 4. The number of aliphatic hydroxyl groups is 1.